The van der Waals surface area contributed by atoms with Gasteiger partial charge in [0.05, 0.1) is 23.6 Å². The van der Waals surface area contributed by atoms with Gasteiger partial charge in [-0.15, -0.1) is 0 Å². The highest BCUT2D eigenvalue weighted by atomic mass is 35.5. The summed E-state index contributed by atoms with van der Waals surface area (Å²) in [6.07, 6.45) is -1.15. The Labute approximate surface area is 166 Å². The topological polar surface area (TPSA) is 111 Å². The van der Waals surface area contributed by atoms with Crippen LogP contribution >= 0.6 is 11.6 Å². The number of nitriles is 1. The normalized spacial score (nSPS) is 22.8. The number of benzene rings is 2. The summed E-state index contributed by atoms with van der Waals surface area (Å²) in [5.74, 6) is -0.810. The maximum Gasteiger partial charge on any atom is 0.243 e. The number of aliphatic hydroxyl groups is 2. The second kappa shape index (κ2) is 7.66. The maximum absolute atomic E-state index is 13.8. The number of sulfonamides is 1. The molecule has 2 aromatic rings. The predicted octanol–water partition coefficient (Wildman–Crippen LogP) is 1.53. The molecule has 1 fully saturated rings. The molecular weight excluding hydrogens is 411 g/mol. The van der Waals surface area contributed by atoms with Gasteiger partial charge in [0.2, 0.25) is 10.0 Å². The SMILES string of the molecule is N#Cc1ccc(O[C@H]2CN(S(=O)(=O)c3ccc(Cl)cc3)C[C@@]2(O)CO)cc1F. The van der Waals surface area contributed by atoms with Crippen molar-refractivity contribution < 1.29 is 27.8 Å². The molecule has 2 atom stereocenters. The molecule has 2 N–H and O–H groups in total. The van der Waals surface area contributed by atoms with Crippen LogP contribution in [0.15, 0.2) is 47.4 Å². The zero-order chi connectivity index (χ0) is 20.5. The number of aliphatic hydroxyl groups excluding tert-OH is 1. The Kier molecular flexibility index (Phi) is 5.61. The molecule has 0 bridgehead atoms. The molecule has 0 radical (unpaired) electrons. The Morgan fingerprint density at radius 1 is 1.32 bits per heavy atom. The van der Waals surface area contributed by atoms with Crippen molar-refractivity contribution in [3.05, 3.63) is 58.9 Å². The van der Waals surface area contributed by atoms with Gasteiger partial charge >= 0.3 is 0 Å². The molecule has 1 aliphatic heterocycles. The fourth-order valence-electron chi connectivity index (χ4n) is 2.89. The first-order chi connectivity index (χ1) is 13.2. The monoisotopic (exact) mass is 426 g/mol. The van der Waals surface area contributed by atoms with Crippen molar-refractivity contribution in [1.82, 2.24) is 4.31 Å². The van der Waals surface area contributed by atoms with Crippen LogP contribution in [0.25, 0.3) is 0 Å². The summed E-state index contributed by atoms with van der Waals surface area (Å²) in [6.45, 7) is -1.43. The van der Waals surface area contributed by atoms with Crippen molar-refractivity contribution in [3.63, 3.8) is 0 Å². The van der Waals surface area contributed by atoms with Gasteiger partial charge in [0.15, 0.2) is 0 Å². The van der Waals surface area contributed by atoms with Crippen LogP contribution in [0.2, 0.25) is 5.02 Å². The molecule has 0 amide bonds. The lowest BCUT2D eigenvalue weighted by atomic mass is 10.0. The number of halogens is 2. The van der Waals surface area contributed by atoms with Crippen LogP contribution in [-0.4, -0.2) is 54.3 Å². The fourth-order valence-corrected chi connectivity index (χ4v) is 4.52. The number of hydrogen-bond donors (Lipinski definition) is 2. The van der Waals surface area contributed by atoms with E-state index in [2.05, 4.69) is 0 Å². The predicted molar refractivity (Wildman–Crippen MR) is 97.8 cm³/mol. The summed E-state index contributed by atoms with van der Waals surface area (Å²) in [6, 6.07) is 10.7. The minimum absolute atomic E-state index is 0.000819. The molecule has 148 valence electrons. The fraction of sp³-hybridized carbons (Fsp3) is 0.278. The smallest absolute Gasteiger partial charge is 0.243 e. The summed E-state index contributed by atoms with van der Waals surface area (Å²) in [5, 5.41) is 29.4. The second-order valence-electron chi connectivity index (χ2n) is 6.37. The van der Waals surface area contributed by atoms with E-state index < -0.39 is 40.7 Å². The van der Waals surface area contributed by atoms with Gasteiger partial charge in [0, 0.05) is 17.6 Å². The third-order valence-corrected chi connectivity index (χ3v) is 6.56. The van der Waals surface area contributed by atoms with Crippen LogP contribution in [0, 0.1) is 17.1 Å². The Morgan fingerprint density at radius 3 is 2.57 bits per heavy atom. The van der Waals surface area contributed by atoms with Crippen molar-refractivity contribution in [2.24, 2.45) is 0 Å². The van der Waals surface area contributed by atoms with E-state index in [1.54, 1.807) is 6.07 Å². The van der Waals surface area contributed by atoms with E-state index in [4.69, 9.17) is 21.6 Å². The van der Waals surface area contributed by atoms with Crippen LogP contribution < -0.4 is 4.74 Å². The zero-order valence-electron chi connectivity index (χ0n) is 14.4. The van der Waals surface area contributed by atoms with Gasteiger partial charge < -0.3 is 14.9 Å². The molecule has 10 heteroatoms. The summed E-state index contributed by atoms with van der Waals surface area (Å²) < 4.78 is 46.0. The highest BCUT2D eigenvalue weighted by Gasteiger charge is 2.50. The molecule has 1 aliphatic rings. The Morgan fingerprint density at radius 2 is 2.00 bits per heavy atom. The van der Waals surface area contributed by atoms with Crippen molar-refractivity contribution in [1.29, 1.82) is 5.26 Å². The molecule has 0 unspecified atom stereocenters. The molecule has 0 aromatic heterocycles. The number of β-amino-alcohol motifs (C(OH)–C–C–N with tert-alkyl or cyclic N) is 1. The van der Waals surface area contributed by atoms with Gasteiger partial charge in [-0.3, -0.25) is 0 Å². The third kappa shape index (κ3) is 3.83. The first-order valence-corrected chi connectivity index (χ1v) is 9.97. The van der Waals surface area contributed by atoms with Crippen LogP contribution in [-0.2, 0) is 10.0 Å². The van der Waals surface area contributed by atoms with Gasteiger partial charge in [-0.2, -0.15) is 9.57 Å². The van der Waals surface area contributed by atoms with E-state index >= 15 is 0 Å². The van der Waals surface area contributed by atoms with Crippen molar-refractivity contribution in [2.75, 3.05) is 19.7 Å². The van der Waals surface area contributed by atoms with E-state index in [0.29, 0.717) is 5.02 Å². The highest BCUT2D eigenvalue weighted by Crippen LogP contribution is 2.31. The lowest BCUT2D eigenvalue weighted by molar-refractivity contribution is -0.0641. The first kappa shape index (κ1) is 20.5. The van der Waals surface area contributed by atoms with E-state index in [9.17, 15) is 23.0 Å². The lowest BCUT2D eigenvalue weighted by Crippen LogP contribution is -2.48. The largest absolute Gasteiger partial charge is 0.486 e. The van der Waals surface area contributed by atoms with Gasteiger partial charge in [0.1, 0.15) is 29.3 Å². The van der Waals surface area contributed by atoms with Crippen LogP contribution in [0.4, 0.5) is 4.39 Å². The molecule has 2 aromatic carbocycles. The second-order valence-corrected chi connectivity index (χ2v) is 8.75. The van der Waals surface area contributed by atoms with E-state index in [1.807, 2.05) is 0 Å². The van der Waals surface area contributed by atoms with Gasteiger partial charge in [-0.25, -0.2) is 12.8 Å². The number of nitrogens with zero attached hydrogens (tertiary/aromatic N) is 2. The van der Waals surface area contributed by atoms with E-state index in [-0.39, 0.29) is 22.8 Å². The lowest BCUT2D eigenvalue weighted by Gasteiger charge is -2.27. The molecule has 1 heterocycles. The molecular formula is C18H16ClFN2O5S. The molecule has 1 saturated heterocycles. The minimum Gasteiger partial charge on any atom is -0.486 e. The average molecular weight is 427 g/mol. The number of hydrogen-bond acceptors (Lipinski definition) is 6. The molecule has 0 aliphatic carbocycles. The minimum atomic E-state index is -3.97. The summed E-state index contributed by atoms with van der Waals surface area (Å²) >= 11 is 5.78. The highest BCUT2D eigenvalue weighted by molar-refractivity contribution is 7.89. The Balaban J connectivity index is 1.86. The molecule has 0 saturated carbocycles. The van der Waals surface area contributed by atoms with Crippen molar-refractivity contribution in [2.45, 2.75) is 16.6 Å². The quantitative estimate of drug-likeness (QED) is 0.750. The average Bonchev–Trinajstić information content (AvgIpc) is 3.00. The summed E-state index contributed by atoms with van der Waals surface area (Å²) in [5.41, 5.74) is -2.06. The first-order valence-electron chi connectivity index (χ1n) is 8.15. The Bertz CT molecular complexity index is 1030. The molecule has 3 rings (SSSR count). The summed E-state index contributed by atoms with van der Waals surface area (Å²) in [4.78, 5) is -0.0257. The van der Waals surface area contributed by atoms with Gasteiger partial charge in [-0.1, -0.05) is 11.6 Å². The number of rotatable bonds is 5. The third-order valence-electron chi connectivity index (χ3n) is 4.48. The molecule has 0 spiro atoms. The van der Waals surface area contributed by atoms with Gasteiger partial charge in [0.25, 0.3) is 0 Å². The van der Waals surface area contributed by atoms with Crippen molar-refractivity contribution in [3.8, 4) is 11.8 Å². The van der Waals surface area contributed by atoms with E-state index in [0.717, 1.165) is 10.4 Å². The van der Waals surface area contributed by atoms with E-state index in [1.165, 1.54) is 36.4 Å². The van der Waals surface area contributed by atoms with Crippen LogP contribution in [0.1, 0.15) is 5.56 Å². The maximum atomic E-state index is 13.8. The van der Waals surface area contributed by atoms with Gasteiger partial charge in [-0.05, 0) is 36.4 Å². The van der Waals surface area contributed by atoms with Crippen LogP contribution in [0.3, 0.4) is 0 Å². The number of ether oxygens (including phenoxy) is 1. The van der Waals surface area contributed by atoms with Crippen molar-refractivity contribution >= 4 is 21.6 Å². The zero-order valence-corrected chi connectivity index (χ0v) is 16.0. The molecule has 7 nitrogen and oxygen atoms in total. The Hall–Kier alpha value is -2.22. The standard InChI is InChI=1S/C18H16ClFN2O5S/c19-13-2-5-15(6-3-13)28(25,26)22-9-17(18(24,10-22)11-23)27-14-4-1-12(8-21)16(20)7-14/h1-7,17,23-24H,9-11H2/t17-,18+/m0/s1. The van der Waals surface area contributed by atoms with Crippen LogP contribution in [0.5, 0.6) is 5.75 Å². The summed E-state index contributed by atoms with van der Waals surface area (Å²) in [7, 11) is -3.97. The molecule has 28 heavy (non-hydrogen) atoms.